The van der Waals surface area contributed by atoms with E-state index in [4.69, 9.17) is 0 Å². The molecule has 2 heterocycles. The van der Waals surface area contributed by atoms with Crippen molar-refractivity contribution in [1.29, 1.82) is 0 Å². The number of nitrogens with one attached hydrogen (secondary N) is 3. The number of hydrogen-bond donors (Lipinski definition) is 3. The minimum absolute atomic E-state index is 0.00204. The zero-order valence-corrected chi connectivity index (χ0v) is 7.39. The number of halogens is 2. The van der Waals surface area contributed by atoms with E-state index in [1.807, 2.05) is 0 Å². The molecule has 0 spiro atoms. The molecule has 13 heavy (non-hydrogen) atoms. The average Bonchev–Trinajstić information content (AvgIpc) is 2.62. The minimum atomic E-state index is -0.903. The summed E-state index contributed by atoms with van der Waals surface area (Å²) >= 11 is 0. The molecule has 2 aliphatic heterocycles. The first-order chi connectivity index (χ1) is 6.24. The third kappa shape index (κ3) is 2.36. The first-order valence-corrected chi connectivity index (χ1v) is 4.80. The summed E-state index contributed by atoms with van der Waals surface area (Å²) in [5, 5.41) is 8.65. The molecular weight excluding hydrogens is 176 g/mol. The molecule has 0 saturated carbocycles. The largest absolute Gasteiger partial charge is 0.286 e. The molecule has 76 valence electrons. The lowest BCUT2D eigenvalue weighted by molar-refractivity contribution is 0.260. The smallest absolute Gasteiger partial charge is 0.152 e. The normalized spacial score (nSPS) is 45.7. The molecule has 4 unspecified atom stereocenters. The van der Waals surface area contributed by atoms with Gasteiger partial charge in [0.1, 0.15) is 0 Å². The summed E-state index contributed by atoms with van der Waals surface area (Å²) in [6.45, 7) is 0. The van der Waals surface area contributed by atoms with Crippen LogP contribution in [0.2, 0.25) is 0 Å². The monoisotopic (exact) mass is 191 g/mol. The molecule has 2 saturated heterocycles. The fourth-order valence-electron chi connectivity index (χ4n) is 1.90. The summed E-state index contributed by atoms with van der Waals surface area (Å²) in [7, 11) is 0. The van der Waals surface area contributed by atoms with Crippen LogP contribution in [0.15, 0.2) is 0 Å². The number of hydrogen-bond acceptors (Lipinski definition) is 3. The van der Waals surface area contributed by atoms with Gasteiger partial charge in [-0.1, -0.05) is 0 Å². The van der Waals surface area contributed by atoms with Crippen molar-refractivity contribution in [3.63, 3.8) is 0 Å². The Bertz CT molecular complexity index is 161. The van der Waals surface area contributed by atoms with Gasteiger partial charge in [-0.15, -0.1) is 0 Å². The zero-order valence-electron chi connectivity index (χ0n) is 7.39. The van der Waals surface area contributed by atoms with Crippen LogP contribution in [0.4, 0.5) is 8.78 Å². The molecule has 5 heteroatoms. The molecule has 0 aromatic carbocycles. The third-order valence-electron chi connectivity index (χ3n) is 2.58. The Hall–Kier alpha value is -0.260. The lowest BCUT2D eigenvalue weighted by atomic mass is 10.3. The van der Waals surface area contributed by atoms with Gasteiger partial charge < -0.3 is 0 Å². The van der Waals surface area contributed by atoms with Crippen LogP contribution >= 0.6 is 0 Å². The van der Waals surface area contributed by atoms with Crippen molar-refractivity contribution in [3.8, 4) is 0 Å². The highest BCUT2D eigenvalue weighted by molar-refractivity contribution is 4.82. The lowest BCUT2D eigenvalue weighted by Crippen LogP contribution is -2.49. The molecule has 3 N–H and O–H groups in total. The van der Waals surface area contributed by atoms with Crippen LogP contribution in [0.25, 0.3) is 0 Å². The van der Waals surface area contributed by atoms with E-state index in [-0.39, 0.29) is 12.3 Å². The summed E-state index contributed by atoms with van der Waals surface area (Å²) in [6.07, 6.45) is 0.829. The fourth-order valence-corrected chi connectivity index (χ4v) is 1.90. The number of rotatable bonds is 2. The summed E-state index contributed by atoms with van der Waals surface area (Å²) in [6, 6.07) is 0. The van der Waals surface area contributed by atoms with E-state index < -0.39 is 12.6 Å². The Morgan fingerprint density at radius 3 is 1.62 bits per heavy atom. The highest BCUT2D eigenvalue weighted by atomic mass is 19.1. The van der Waals surface area contributed by atoms with E-state index in [0.29, 0.717) is 12.8 Å². The van der Waals surface area contributed by atoms with Crippen LogP contribution in [0.1, 0.15) is 25.7 Å². The second kappa shape index (κ2) is 3.86. The maximum absolute atomic E-state index is 12.7. The average molecular weight is 191 g/mol. The van der Waals surface area contributed by atoms with E-state index in [9.17, 15) is 8.78 Å². The van der Waals surface area contributed by atoms with Crippen LogP contribution in [0, 0.1) is 0 Å². The van der Waals surface area contributed by atoms with Crippen molar-refractivity contribution in [1.82, 2.24) is 16.0 Å². The molecule has 0 radical (unpaired) electrons. The van der Waals surface area contributed by atoms with Crippen molar-refractivity contribution in [2.45, 2.75) is 50.6 Å². The van der Waals surface area contributed by atoms with Crippen molar-refractivity contribution >= 4 is 0 Å². The van der Waals surface area contributed by atoms with Gasteiger partial charge >= 0.3 is 0 Å². The molecule has 3 nitrogen and oxygen atoms in total. The predicted molar refractivity (Wildman–Crippen MR) is 45.2 cm³/mol. The van der Waals surface area contributed by atoms with Crippen molar-refractivity contribution in [3.05, 3.63) is 0 Å². The third-order valence-corrected chi connectivity index (χ3v) is 2.58. The molecule has 2 rings (SSSR count). The first kappa shape index (κ1) is 9.30. The van der Waals surface area contributed by atoms with Gasteiger partial charge in [-0.2, -0.15) is 0 Å². The Kier molecular flexibility index (Phi) is 2.76. The van der Waals surface area contributed by atoms with Gasteiger partial charge in [0.15, 0.2) is 12.6 Å². The highest BCUT2D eigenvalue weighted by Crippen LogP contribution is 2.15. The minimum Gasteiger partial charge on any atom is -0.286 e. The SMILES string of the molecule is FC1CCC(NC2CCC(F)N2)N1. The molecule has 0 aliphatic carbocycles. The van der Waals surface area contributed by atoms with Gasteiger partial charge in [0.2, 0.25) is 0 Å². The van der Waals surface area contributed by atoms with E-state index in [1.165, 1.54) is 0 Å². The van der Waals surface area contributed by atoms with Crippen molar-refractivity contribution in [2.24, 2.45) is 0 Å². The Labute approximate surface area is 76.3 Å². The summed E-state index contributed by atoms with van der Waals surface area (Å²) < 4.78 is 25.4. The summed E-state index contributed by atoms with van der Waals surface area (Å²) in [4.78, 5) is 0. The van der Waals surface area contributed by atoms with Crippen LogP contribution in [0.3, 0.4) is 0 Å². The zero-order chi connectivity index (χ0) is 9.26. The summed E-state index contributed by atoms with van der Waals surface area (Å²) in [5.74, 6) is 0. The van der Waals surface area contributed by atoms with Crippen molar-refractivity contribution < 1.29 is 8.78 Å². The Morgan fingerprint density at radius 1 is 0.846 bits per heavy atom. The lowest BCUT2D eigenvalue weighted by Gasteiger charge is -2.19. The quantitative estimate of drug-likeness (QED) is 0.559. The van der Waals surface area contributed by atoms with Gasteiger partial charge in [0, 0.05) is 0 Å². The Balaban J connectivity index is 1.72. The topological polar surface area (TPSA) is 36.1 Å². The van der Waals surface area contributed by atoms with E-state index in [0.717, 1.165) is 12.8 Å². The second-order valence-corrected chi connectivity index (χ2v) is 3.69. The molecular formula is C8H15F2N3. The van der Waals surface area contributed by atoms with Gasteiger partial charge in [-0.05, 0) is 25.7 Å². The van der Waals surface area contributed by atoms with Crippen molar-refractivity contribution in [2.75, 3.05) is 0 Å². The second-order valence-electron chi connectivity index (χ2n) is 3.69. The number of alkyl halides is 2. The maximum Gasteiger partial charge on any atom is 0.152 e. The molecule has 2 fully saturated rings. The molecule has 0 aromatic heterocycles. The predicted octanol–water partition coefficient (Wildman–Crippen LogP) is 0.586. The fraction of sp³-hybridized carbons (Fsp3) is 1.00. The van der Waals surface area contributed by atoms with Gasteiger partial charge in [-0.3, -0.25) is 16.0 Å². The maximum atomic E-state index is 12.7. The van der Waals surface area contributed by atoms with Gasteiger partial charge in [-0.25, -0.2) is 8.78 Å². The molecule has 0 bridgehead atoms. The van der Waals surface area contributed by atoms with E-state index in [2.05, 4.69) is 16.0 Å². The molecule has 0 amide bonds. The molecule has 2 aliphatic rings. The van der Waals surface area contributed by atoms with Gasteiger partial charge in [0.05, 0.1) is 12.3 Å². The van der Waals surface area contributed by atoms with E-state index >= 15 is 0 Å². The molecule has 4 atom stereocenters. The van der Waals surface area contributed by atoms with Crippen LogP contribution in [-0.2, 0) is 0 Å². The van der Waals surface area contributed by atoms with Crippen LogP contribution < -0.4 is 16.0 Å². The Morgan fingerprint density at radius 2 is 1.31 bits per heavy atom. The standard InChI is InChI=1S/C8H15F2N3/c9-5-1-3-7(11-5)13-8-4-2-6(10)12-8/h5-8,11-13H,1-4H2. The summed E-state index contributed by atoms with van der Waals surface area (Å²) in [5.41, 5.74) is 0. The van der Waals surface area contributed by atoms with E-state index in [1.54, 1.807) is 0 Å². The highest BCUT2D eigenvalue weighted by Gasteiger charge is 2.28. The molecule has 0 aromatic rings. The first-order valence-electron chi connectivity index (χ1n) is 4.80. The van der Waals surface area contributed by atoms with Crippen LogP contribution in [-0.4, -0.2) is 24.9 Å². The van der Waals surface area contributed by atoms with Crippen LogP contribution in [0.5, 0.6) is 0 Å². The van der Waals surface area contributed by atoms with Gasteiger partial charge in [0.25, 0.3) is 0 Å².